The molecular weight excluding hydrogens is 198 g/mol. The molecule has 1 rings (SSSR count). The molecule has 2 N–H and O–H groups in total. The molecule has 0 aliphatic carbocycles. The van der Waals surface area contributed by atoms with Crippen molar-refractivity contribution in [1.29, 1.82) is 0 Å². The Kier molecular flexibility index (Phi) is 4.32. The Balaban J connectivity index is 2.52. The fourth-order valence-electron chi connectivity index (χ4n) is 1.03. The van der Waals surface area contributed by atoms with Crippen molar-refractivity contribution in [2.75, 3.05) is 17.9 Å². The molecule has 0 atom stereocenters. The number of nitrogen functional groups attached to an aromatic ring is 1. The summed E-state index contributed by atoms with van der Waals surface area (Å²) in [6.07, 6.45) is 2.12. The van der Waals surface area contributed by atoms with E-state index in [0.29, 0.717) is 11.6 Å². The summed E-state index contributed by atoms with van der Waals surface area (Å²) < 4.78 is 4.92. The highest BCUT2D eigenvalue weighted by atomic mass is 32.2. The number of carbonyl (C=O) groups excluding carboxylic acids is 1. The number of carbonyl (C=O) groups is 1. The number of anilines is 1. The molecule has 14 heavy (non-hydrogen) atoms. The van der Waals surface area contributed by atoms with E-state index in [4.69, 9.17) is 10.5 Å². The second-order valence-electron chi connectivity index (χ2n) is 2.80. The molecule has 3 nitrogen and oxygen atoms in total. The number of thioether (sulfide) groups is 1. The van der Waals surface area contributed by atoms with Crippen LogP contribution in [0.25, 0.3) is 0 Å². The first kappa shape index (κ1) is 10.9. The van der Waals surface area contributed by atoms with Gasteiger partial charge in [-0.15, -0.1) is 11.8 Å². The van der Waals surface area contributed by atoms with Crippen molar-refractivity contribution in [3.63, 3.8) is 0 Å². The molecule has 1 aromatic rings. The first-order valence-corrected chi connectivity index (χ1v) is 5.61. The Labute approximate surface area is 87.6 Å². The van der Waals surface area contributed by atoms with E-state index in [1.165, 1.54) is 11.8 Å². The monoisotopic (exact) mass is 211 g/mol. The zero-order valence-electron chi connectivity index (χ0n) is 8.03. The van der Waals surface area contributed by atoms with Gasteiger partial charge in [-0.3, -0.25) is 4.79 Å². The van der Waals surface area contributed by atoms with Crippen LogP contribution in [0, 0.1) is 0 Å². The first-order valence-electron chi connectivity index (χ1n) is 4.22. The van der Waals surface area contributed by atoms with Gasteiger partial charge < -0.3 is 10.5 Å². The topological polar surface area (TPSA) is 52.3 Å². The van der Waals surface area contributed by atoms with E-state index in [0.717, 1.165) is 5.56 Å². The van der Waals surface area contributed by atoms with E-state index >= 15 is 0 Å². The lowest BCUT2D eigenvalue weighted by Gasteiger charge is -2.04. The summed E-state index contributed by atoms with van der Waals surface area (Å²) in [6.45, 7) is 0. The molecule has 4 heteroatoms. The highest BCUT2D eigenvalue weighted by Crippen LogP contribution is 2.11. The molecule has 0 bridgehead atoms. The van der Waals surface area contributed by atoms with Gasteiger partial charge in [-0.25, -0.2) is 0 Å². The van der Waals surface area contributed by atoms with Crippen molar-refractivity contribution in [2.45, 2.75) is 6.42 Å². The largest absolute Gasteiger partial charge is 0.454 e. The normalized spacial score (nSPS) is 9.79. The van der Waals surface area contributed by atoms with Gasteiger partial charge in [0, 0.05) is 5.69 Å². The average molecular weight is 211 g/mol. The van der Waals surface area contributed by atoms with Crippen LogP contribution in [0.2, 0.25) is 0 Å². The summed E-state index contributed by atoms with van der Waals surface area (Å²) in [4.78, 5) is 11.2. The maximum Gasteiger partial charge on any atom is 0.311 e. The third-order valence-corrected chi connectivity index (χ3v) is 2.08. The molecule has 0 saturated carbocycles. The van der Waals surface area contributed by atoms with Gasteiger partial charge in [-0.05, 0) is 17.9 Å². The Morgan fingerprint density at radius 2 is 2.21 bits per heavy atom. The van der Waals surface area contributed by atoms with E-state index in [2.05, 4.69) is 0 Å². The Hall–Kier alpha value is -1.16. The minimum atomic E-state index is -0.239. The number of nitrogens with two attached hydrogens (primary N) is 1. The van der Waals surface area contributed by atoms with Crippen molar-refractivity contribution < 1.29 is 9.53 Å². The van der Waals surface area contributed by atoms with E-state index in [9.17, 15) is 4.79 Å². The van der Waals surface area contributed by atoms with Gasteiger partial charge >= 0.3 is 5.97 Å². The van der Waals surface area contributed by atoms with Gasteiger partial charge in [0.2, 0.25) is 0 Å². The van der Waals surface area contributed by atoms with Crippen molar-refractivity contribution in [1.82, 2.24) is 0 Å². The fourth-order valence-corrected chi connectivity index (χ4v) is 1.28. The van der Waals surface area contributed by atoms with Gasteiger partial charge in [-0.2, -0.15) is 0 Å². The SMILES string of the molecule is CSCOC(=O)Cc1ccccc1N. The number of hydrogen-bond donors (Lipinski definition) is 1. The van der Waals surface area contributed by atoms with E-state index in [-0.39, 0.29) is 12.4 Å². The highest BCUT2D eigenvalue weighted by Gasteiger charge is 2.06. The lowest BCUT2D eigenvalue weighted by atomic mass is 10.1. The standard InChI is InChI=1S/C10H13NO2S/c1-14-7-13-10(12)6-8-4-2-3-5-9(8)11/h2-5H,6-7,11H2,1H3. The molecule has 0 saturated heterocycles. The van der Waals surface area contributed by atoms with Gasteiger partial charge in [-0.1, -0.05) is 18.2 Å². The summed E-state index contributed by atoms with van der Waals surface area (Å²) in [7, 11) is 0. The molecule has 76 valence electrons. The number of rotatable bonds is 4. The van der Waals surface area contributed by atoms with Crippen molar-refractivity contribution in [3.05, 3.63) is 29.8 Å². The Morgan fingerprint density at radius 3 is 2.86 bits per heavy atom. The van der Waals surface area contributed by atoms with E-state index in [1.807, 2.05) is 24.5 Å². The predicted molar refractivity (Wildman–Crippen MR) is 59.0 cm³/mol. The average Bonchev–Trinajstić information content (AvgIpc) is 2.18. The number of benzene rings is 1. The molecule has 0 unspecified atom stereocenters. The van der Waals surface area contributed by atoms with Crippen LogP contribution >= 0.6 is 11.8 Å². The van der Waals surface area contributed by atoms with Crippen molar-refractivity contribution >= 4 is 23.4 Å². The van der Waals surface area contributed by atoms with Crippen molar-refractivity contribution in [2.24, 2.45) is 0 Å². The van der Waals surface area contributed by atoms with Crippen LogP contribution in [0.5, 0.6) is 0 Å². The Morgan fingerprint density at radius 1 is 1.50 bits per heavy atom. The van der Waals surface area contributed by atoms with Gasteiger partial charge in [0.15, 0.2) is 0 Å². The van der Waals surface area contributed by atoms with Crippen LogP contribution in [-0.4, -0.2) is 18.2 Å². The van der Waals surface area contributed by atoms with Crippen LogP contribution in [0.4, 0.5) is 5.69 Å². The zero-order chi connectivity index (χ0) is 10.4. The maximum absolute atomic E-state index is 11.2. The second kappa shape index (κ2) is 5.54. The summed E-state index contributed by atoms with van der Waals surface area (Å²) in [5, 5.41) is 0. The van der Waals surface area contributed by atoms with Gasteiger partial charge in [0.25, 0.3) is 0 Å². The summed E-state index contributed by atoms with van der Waals surface area (Å²) in [6, 6.07) is 7.30. The first-order chi connectivity index (χ1) is 6.74. The number of hydrogen-bond acceptors (Lipinski definition) is 4. The van der Waals surface area contributed by atoms with Crippen LogP contribution in [0.3, 0.4) is 0 Å². The summed E-state index contributed by atoms with van der Waals surface area (Å²) in [5.74, 6) is 0.156. The van der Waals surface area contributed by atoms with E-state index in [1.54, 1.807) is 6.07 Å². The number of ether oxygens (including phenoxy) is 1. The summed E-state index contributed by atoms with van der Waals surface area (Å²) in [5.41, 5.74) is 7.14. The third-order valence-electron chi connectivity index (χ3n) is 1.73. The molecule has 0 radical (unpaired) electrons. The third kappa shape index (κ3) is 3.30. The molecule has 0 amide bonds. The Bertz CT molecular complexity index is 315. The maximum atomic E-state index is 11.2. The minimum Gasteiger partial charge on any atom is -0.454 e. The van der Waals surface area contributed by atoms with Crippen LogP contribution in [0.1, 0.15) is 5.56 Å². The zero-order valence-corrected chi connectivity index (χ0v) is 8.84. The summed E-state index contributed by atoms with van der Waals surface area (Å²) >= 11 is 1.47. The number of esters is 1. The van der Waals surface area contributed by atoms with E-state index < -0.39 is 0 Å². The molecule has 0 aliphatic heterocycles. The molecule has 0 spiro atoms. The van der Waals surface area contributed by atoms with Crippen LogP contribution in [-0.2, 0) is 16.0 Å². The molecular formula is C10H13NO2S. The minimum absolute atomic E-state index is 0.239. The predicted octanol–water partition coefficient (Wildman–Crippen LogP) is 1.67. The lowest BCUT2D eigenvalue weighted by molar-refractivity contribution is -0.140. The van der Waals surface area contributed by atoms with Gasteiger partial charge in [0.05, 0.1) is 6.42 Å². The van der Waals surface area contributed by atoms with Gasteiger partial charge in [0.1, 0.15) is 5.94 Å². The molecule has 0 fully saturated rings. The molecule has 1 aromatic carbocycles. The smallest absolute Gasteiger partial charge is 0.311 e. The fraction of sp³-hybridized carbons (Fsp3) is 0.300. The molecule has 0 aromatic heterocycles. The second-order valence-corrected chi connectivity index (χ2v) is 3.61. The lowest BCUT2D eigenvalue weighted by Crippen LogP contribution is -2.08. The van der Waals surface area contributed by atoms with Crippen molar-refractivity contribution in [3.8, 4) is 0 Å². The quantitative estimate of drug-likeness (QED) is 0.467. The molecule has 0 heterocycles. The van der Waals surface area contributed by atoms with Crippen LogP contribution < -0.4 is 5.73 Å². The van der Waals surface area contributed by atoms with Crippen LogP contribution in [0.15, 0.2) is 24.3 Å². The highest BCUT2D eigenvalue weighted by molar-refractivity contribution is 7.98. The molecule has 0 aliphatic rings. The number of para-hydroxylation sites is 1.